The van der Waals surface area contributed by atoms with E-state index in [0.717, 1.165) is 39.0 Å². The topological polar surface area (TPSA) is 58.4 Å². The molecule has 1 unspecified atom stereocenters. The molecule has 1 atom stereocenters. The van der Waals surface area contributed by atoms with Crippen molar-refractivity contribution in [3.05, 3.63) is 18.2 Å². The number of rotatable bonds is 6. The summed E-state index contributed by atoms with van der Waals surface area (Å²) in [4.78, 5) is 17.2. The molecule has 1 saturated heterocycles. The maximum Gasteiger partial charge on any atom is 0.303 e. The van der Waals surface area contributed by atoms with E-state index in [0.29, 0.717) is 12.3 Å². The van der Waals surface area contributed by atoms with Crippen LogP contribution in [0.2, 0.25) is 0 Å². The Kier molecular flexibility index (Phi) is 4.36. The zero-order chi connectivity index (χ0) is 13.0. The summed E-state index contributed by atoms with van der Waals surface area (Å²) in [6.07, 6.45) is 6.19. The molecular weight excluding hydrogens is 230 g/mol. The first-order chi connectivity index (χ1) is 8.69. The van der Waals surface area contributed by atoms with Gasteiger partial charge in [0.05, 0.1) is 12.0 Å². The van der Waals surface area contributed by atoms with Crippen molar-refractivity contribution >= 4 is 5.97 Å². The highest BCUT2D eigenvalue weighted by Gasteiger charge is 2.24. The minimum atomic E-state index is -0.683. The first-order valence-corrected chi connectivity index (χ1v) is 6.62. The number of nitrogens with zero attached hydrogens (tertiary/aromatic N) is 3. The number of aliphatic carboxylic acids is 1. The molecular formula is C13H21N3O2. The summed E-state index contributed by atoms with van der Waals surface area (Å²) < 4.78 is 2.19. The van der Waals surface area contributed by atoms with Crippen molar-refractivity contribution in [2.75, 3.05) is 13.1 Å². The first kappa shape index (κ1) is 13.1. The summed E-state index contributed by atoms with van der Waals surface area (Å²) >= 11 is 0. The van der Waals surface area contributed by atoms with Crippen LogP contribution in [0.3, 0.4) is 0 Å². The minimum absolute atomic E-state index is 0.296. The number of carboxylic acid groups (broad SMARTS) is 1. The highest BCUT2D eigenvalue weighted by atomic mass is 16.4. The predicted molar refractivity (Wildman–Crippen MR) is 68.2 cm³/mol. The Bertz CT molecular complexity index is 403. The van der Waals surface area contributed by atoms with Gasteiger partial charge in [0.15, 0.2) is 0 Å². The maximum absolute atomic E-state index is 10.7. The first-order valence-electron chi connectivity index (χ1n) is 6.62. The van der Waals surface area contributed by atoms with Gasteiger partial charge in [0.25, 0.3) is 0 Å². The fourth-order valence-electron chi connectivity index (χ4n) is 2.62. The zero-order valence-corrected chi connectivity index (χ0v) is 10.9. The van der Waals surface area contributed by atoms with Crippen molar-refractivity contribution in [3.8, 4) is 0 Å². The molecule has 0 amide bonds. The molecule has 100 valence electrons. The van der Waals surface area contributed by atoms with Crippen LogP contribution in [0.25, 0.3) is 0 Å². The van der Waals surface area contributed by atoms with Gasteiger partial charge in [-0.3, -0.25) is 9.69 Å². The van der Waals surface area contributed by atoms with Crippen molar-refractivity contribution in [1.29, 1.82) is 0 Å². The third-order valence-electron chi connectivity index (χ3n) is 3.48. The van der Waals surface area contributed by atoms with Gasteiger partial charge < -0.3 is 9.67 Å². The molecule has 1 fully saturated rings. The molecule has 0 aliphatic carbocycles. The van der Waals surface area contributed by atoms with Gasteiger partial charge in [0.1, 0.15) is 0 Å². The van der Waals surface area contributed by atoms with E-state index < -0.39 is 5.97 Å². The predicted octanol–water partition coefficient (Wildman–Crippen LogP) is 1.59. The van der Waals surface area contributed by atoms with E-state index in [1.54, 1.807) is 0 Å². The van der Waals surface area contributed by atoms with Crippen LogP contribution in [0, 0.1) is 5.92 Å². The van der Waals surface area contributed by atoms with Gasteiger partial charge in [-0.1, -0.05) is 6.92 Å². The number of imidazole rings is 1. The smallest absolute Gasteiger partial charge is 0.303 e. The Morgan fingerprint density at radius 3 is 3.17 bits per heavy atom. The summed E-state index contributed by atoms with van der Waals surface area (Å²) in [5, 5.41) is 8.80. The van der Waals surface area contributed by atoms with E-state index in [9.17, 15) is 4.79 Å². The van der Waals surface area contributed by atoms with Crippen LogP contribution >= 0.6 is 0 Å². The number of likely N-dealkylation sites (tertiary alicyclic amines) is 1. The van der Waals surface area contributed by atoms with Gasteiger partial charge in [-0.25, -0.2) is 4.98 Å². The molecule has 1 N–H and O–H groups in total. The lowest BCUT2D eigenvalue weighted by atomic mass is 10.1. The zero-order valence-electron chi connectivity index (χ0n) is 10.9. The summed E-state index contributed by atoms with van der Waals surface area (Å²) in [7, 11) is 0. The lowest BCUT2D eigenvalue weighted by molar-refractivity contribution is -0.138. The molecule has 5 heteroatoms. The van der Waals surface area contributed by atoms with E-state index in [4.69, 9.17) is 5.11 Å². The SMILES string of the molecule is CCCn1cncc1CN1CCC(CC(=O)O)C1. The van der Waals surface area contributed by atoms with Crippen molar-refractivity contribution in [1.82, 2.24) is 14.5 Å². The van der Waals surface area contributed by atoms with Crippen LogP contribution in [-0.2, 0) is 17.9 Å². The number of hydrogen-bond donors (Lipinski definition) is 1. The highest BCUT2D eigenvalue weighted by Crippen LogP contribution is 2.21. The lowest BCUT2D eigenvalue weighted by Crippen LogP contribution is -2.22. The highest BCUT2D eigenvalue weighted by molar-refractivity contribution is 5.67. The largest absolute Gasteiger partial charge is 0.481 e. The Balaban J connectivity index is 1.87. The maximum atomic E-state index is 10.7. The van der Waals surface area contributed by atoms with E-state index in [2.05, 4.69) is 21.4 Å². The normalized spacial score (nSPS) is 20.4. The lowest BCUT2D eigenvalue weighted by Gasteiger charge is -2.16. The number of aryl methyl sites for hydroxylation is 1. The standard InChI is InChI=1S/C13H21N3O2/c1-2-4-16-10-14-7-12(16)9-15-5-3-11(8-15)6-13(17)18/h7,10-11H,2-6,8-9H2,1H3,(H,17,18). The minimum Gasteiger partial charge on any atom is -0.481 e. The molecule has 1 aliphatic heterocycles. The average Bonchev–Trinajstić information content (AvgIpc) is 2.90. The average molecular weight is 251 g/mol. The molecule has 0 bridgehead atoms. The third-order valence-corrected chi connectivity index (χ3v) is 3.48. The summed E-state index contributed by atoms with van der Waals surface area (Å²) in [5.41, 5.74) is 1.23. The molecule has 0 radical (unpaired) electrons. The van der Waals surface area contributed by atoms with E-state index in [1.165, 1.54) is 5.69 Å². The second kappa shape index (κ2) is 6.00. The molecule has 2 rings (SSSR count). The molecule has 1 aliphatic rings. The van der Waals surface area contributed by atoms with Crippen LogP contribution < -0.4 is 0 Å². The molecule has 2 heterocycles. The van der Waals surface area contributed by atoms with Gasteiger partial charge in [0, 0.05) is 32.3 Å². The van der Waals surface area contributed by atoms with Gasteiger partial charge in [-0.05, 0) is 25.3 Å². The molecule has 0 spiro atoms. The van der Waals surface area contributed by atoms with Crippen LogP contribution in [0.5, 0.6) is 0 Å². The molecule has 1 aromatic heterocycles. The monoisotopic (exact) mass is 251 g/mol. The summed E-state index contributed by atoms with van der Waals surface area (Å²) in [5.74, 6) is -0.372. The number of aromatic nitrogens is 2. The van der Waals surface area contributed by atoms with Crippen LogP contribution in [0.4, 0.5) is 0 Å². The van der Waals surface area contributed by atoms with Crippen molar-refractivity contribution in [2.45, 2.75) is 39.3 Å². The molecule has 18 heavy (non-hydrogen) atoms. The van der Waals surface area contributed by atoms with Gasteiger partial charge >= 0.3 is 5.97 Å². The Morgan fingerprint density at radius 2 is 2.44 bits per heavy atom. The van der Waals surface area contributed by atoms with E-state index in [-0.39, 0.29) is 0 Å². The van der Waals surface area contributed by atoms with Gasteiger partial charge in [0.2, 0.25) is 0 Å². The van der Waals surface area contributed by atoms with Crippen LogP contribution in [-0.4, -0.2) is 38.6 Å². The van der Waals surface area contributed by atoms with Crippen molar-refractivity contribution in [3.63, 3.8) is 0 Å². The van der Waals surface area contributed by atoms with Crippen LogP contribution in [0.15, 0.2) is 12.5 Å². The molecule has 5 nitrogen and oxygen atoms in total. The fourth-order valence-corrected chi connectivity index (χ4v) is 2.62. The Labute approximate surface area is 107 Å². The quantitative estimate of drug-likeness (QED) is 0.834. The Hall–Kier alpha value is -1.36. The second-order valence-corrected chi connectivity index (χ2v) is 5.07. The number of hydrogen-bond acceptors (Lipinski definition) is 3. The second-order valence-electron chi connectivity index (χ2n) is 5.07. The Morgan fingerprint density at radius 1 is 1.61 bits per heavy atom. The molecule has 0 aromatic carbocycles. The van der Waals surface area contributed by atoms with Gasteiger partial charge in [-0.15, -0.1) is 0 Å². The van der Waals surface area contributed by atoms with Crippen molar-refractivity contribution < 1.29 is 9.90 Å². The molecule has 0 saturated carbocycles. The van der Waals surface area contributed by atoms with E-state index >= 15 is 0 Å². The number of carbonyl (C=O) groups is 1. The third kappa shape index (κ3) is 3.32. The van der Waals surface area contributed by atoms with Crippen LogP contribution in [0.1, 0.15) is 31.9 Å². The fraction of sp³-hybridized carbons (Fsp3) is 0.692. The van der Waals surface area contributed by atoms with Crippen molar-refractivity contribution in [2.24, 2.45) is 5.92 Å². The molecule has 1 aromatic rings. The van der Waals surface area contributed by atoms with Gasteiger partial charge in [-0.2, -0.15) is 0 Å². The summed E-state index contributed by atoms with van der Waals surface area (Å²) in [6.45, 7) is 5.93. The summed E-state index contributed by atoms with van der Waals surface area (Å²) in [6, 6.07) is 0. The van der Waals surface area contributed by atoms with E-state index in [1.807, 2.05) is 12.5 Å². The number of carboxylic acids is 1.